The van der Waals surface area contributed by atoms with Crippen LogP contribution < -0.4 is 10.6 Å². The maximum atomic E-state index is 4.46. The second-order valence-electron chi connectivity index (χ2n) is 4.92. The largest absolute Gasteiger partial charge is 0.314 e. The fourth-order valence-electron chi connectivity index (χ4n) is 1.54. The zero-order valence-corrected chi connectivity index (χ0v) is 12.0. The molecule has 0 aliphatic heterocycles. The SMILES string of the molecule is CNC(C)(C)CNC(C)c1sc(C)nc1C. The van der Waals surface area contributed by atoms with E-state index in [1.165, 1.54) is 4.88 Å². The van der Waals surface area contributed by atoms with Gasteiger partial charge in [0.2, 0.25) is 0 Å². The maximum absolute atomic E-state index is 4.46. The van der Waals surface area contributed by atoms with Gasteiger partial charge in [-0.3, -0.25) is 0 Å². The molecule has 0 aliphatic carbocycles. The highest BCUT2D eigenvalue weighted by Crippen LogP contribution is 2.24. The number of hydrogen-bond acceptors (Lipinski definition) is 4. The van der Waals surface area contributed by atoms with E-state index in [4.69, 9.17) is 0 Å². The van der Waals surface area contributed by atoms with E-state index >= 15 is 0 Å². The summed E-state index contributed by atoms with van der Waals surface area (Å²) in [6.45, 7) is 11.7. The van der Waals surface area contributed by atoms with Crippen LogP contribution in [0.25, 0.3) is 0 Å². The van der Waals surface area contributed by atoms with Gasteiger partial charge in [0.25, 0.3) is 0 Å². The zero-order chi connectivity index (χ0) is 12.3. The first-order valence-corrected chi connectivity index (χ1v) is 6.53. The first kappa shape index (κ1) is 13.6. The number of rotatable bonds is 5. The van der Waals surface area contributed by atoms with E-state index < -0.39 is 0 Å². The lowest BCUT2D eigenvalue weighted by atomic mass is 10.1. The van der Waals surface area contributed by atoms with E-state index in [1.54, 1.807) is 11.3 Å². The van der Waals surface area contributed by atoms with Gasteiger partial charge < -0.3 is 10.6 Å². The van der Waals surface area contributed by atoms with Gasteiger partial charge in [-0.25, -0.2) is 4.98 Å². The first-order chi connectivity index (χ1) is 7.35. The van der Waals surface area contributed by atoms with Crippen molar-refractivity contribution < 1.29 is 0 Å². The van der Waals surface area contributed by atoms with Gasteiger partial charge in [-0.1, -0.05) is 0 Å². The van der Waals surface area contributed by atoms with Crippen molar-refractivity contribution in [1.82, 2.24) is 15.6 Å². The molecular formula is C12H23N3S. The molecule has 0 radical (unpaired) electrons. The molecule has 0 fully saturated rings. The first-order valence-electron chi connectivity index (χ1n) is 5.72. The summed E-state index contributed by atoms with van der Waals surface area (Å²) in [5.74, 6) is 0. The Hall–Kier alpha value is -0.450. The lowest BCUT2D eigenvalue weighted by Gasteiger charge is -2.26. The number of aryl methyl sites for hydroxylation is 2. The highest BCUT2D eigenvalue weighted by atomic mass is 32.1. The molecule has 4 heteroatoms. The molecule has 1 unspecified atom stereocenters. The number of nitrogens with zero attached hydrogens (tertiary/aromatic N) is 1. The molecule has 1 rings (SSSR count). The molecule has 92 valence electrons. The number of likely N-dealkylation sites (N-methyl/N-ethyl adjacent to an activating group) is 1. The second kappa shape index (κ2) is 5.25. The molecule has 1 heterocycles. The molecule has 0 saturated carbocycles. The van der Waals surface area contributed by atoms with Crippen molar-refractivity contribution in [3.05, 3.63) is 15.6 Å². The normalized spacial score (nSPS) is 14.1. The summed E-state index contributed by atoms with van der Waals surface area (Å²) < 4.78 is 0. The van der Waals surface area contributed by atoms with E-state index in [9.17, 15) is 0 Å². The highest BCUT2D eigenvalue weighted by Gasteiger charge is 2.18. The van der Waals surface area contributed by atoms with E-state index in [2.05, 4.69) is 50.2 Å². The lowest BCUT2D eigenvalue weighted by Crippen LogP contribution is -2.46. The molecule has 0 amide bonds. The molecule has 0 spiro atoms. The predicted molar refractivity (Wildman–Crippen MR) is 71.1 cm³/mol. The van der Waals surface area contributed by atoms with Crippen LogP contribution in [0.2, 0.25) is 0 Å². The van der Waals surface area contributed by atoms with Crippen LogP contribution in [0.4, 0.5) is 0 Å². The summed E-state index contributed by atoms with van der Waals surface area (Å²) in [4.78, 5) is 5.81. The minimum atomic E-state index is 0.127. The fraction of sp³-hybridized carbons (Fsp3) is 0.750. The zero-order valence-electron chi connectivity index (χ0n) is 11.1. The van der Waals surface area contributed by atoms with Crippen LogP contribution >= 0.6 is 11.3 Å². The van der Waals surface area contributed by atoms with Gasteiger partial charge in [-0.15, -0.1) is 11.3 Å². The quantitative estimate of drug-likeness (QED) is 0.831. The summed E-state index contributed by atoms with van der Waals surface area (Å²) in [6, 6.07) is 0.374. The molecule has 1 aromatic heterocycles. The molecule has 3 nitrogen and oxygen atoms in total. The molecular weight excluding hydrogens is 218 g/mol. The van der Waals surface area contributed by atoms with Gasteiger partial charge in [0, 0.05) is 23.0 Å². The Morgan fingerprint density at radius 2 is 2.00 bits per heavy atom. The Kier molecular flexibility index (Phi) is 4.47. The van der Waals surface area contributed by atoms with E-state index in [0.717, 1.165) is 17.2 Å². The monoisotopic (exact) mass is 241 g/mol. The van der Waals surface area contributed by atoms with Crippen molar-refractivity contribution in [1.29, 1.82) is 0 Å². The Labute approximate surface area is 103 Å². The van der Waals surface area contributed by atoms with Crippen molar-refractivity contribution in [2.45, 2.75) is 46.2 Å². The summed E-state index contributed by atoms with van der Waals surface area (Å²) in [5.41, 5.74) is 1.28. The van der Waals surface area contributed by atoms with Crippen molar-refractivity contribution in [3.8, 4) is 0 Å². The van der Waals surface area contributed by atoms with Crippen molar-refractivity contribution in [3.63, 3.8) is 0 Å². The minimum Gasteiger partial charge on any atom is -0.314 e. The van der Waals surface area contributed by atoms with Crippen LogP contribution in [0.1, 0.15) is 42.4 Å². The molecule has 1 aromatic rings. The molecule has 2 N–H and O–H groups in total. The Morgan fingerprint density at radius 1 is 1.38 bits per heavy atom. The average Bonchev–Trinajstić information content (AvgIpc) is 2.54. The van der Waals surface area contributed by atoms with Gasteiger partial charge in [0.05, 0.1) is 10.7 Å². The van der Waals surface area contributed by atoms with Crippen molar-refractivity contribution in [2.24, 2.45) is 0 Å². The lowest BCUT2D eigenvalue weighted by molar-refractivity contribution is 0.375. The van der Waals surface area contributed by atoms with Crippen molar-refractivity contribution >= 4 is 11.3 Å². The van der Waals surface area contributed by atoms with Gasteiger partial charge in [0.15, 0.2) is 0 Å². The smallest absolute Gasteiger partial charge is 0.0900 e. The van der Waals surface area contributed by atoms with Crippen LogP contribution in [-0.4, -0.2) is 24.1 Å². The Balaban J connectivity index is 2.59. The molecule has 0 aromatic carbocycles. The van der Waals surface area contributed by atoms with E-state index in [0.29, 0.717) is 6.04 Å². The van der Waals surface area contributed by atoms with Gasteiger partial charge in [-0.05, 0) is 41.7 Å². The summed E-state index contributed by atoms with van der Waals surface area (Å²) in [6.07, 6.45) is 0. The van der Waals surface area contributed by atoms with Crippen molar-refractivity contribution in [2.75, 3.05) is 13.6 Å². The maximum Gasteiger partial charge on any atom is 0.0900 e. The summed E-state index contributed by atoms with van der Waals surface area (Å²) in [5, 5.41) is 7.99. The number of nitrogens with one attached hydrogen (secondary N) is 2. The fourth-order valence-corrected chi connectivity index (χ4v) is 2.49. The Bertz CT molecular complexity index is 344. The average molecular weight is 241 g/mol. The van der Waals surface area contributed by atoms with Crippen LogP contribution in [-0.2, 0) is 0 Å². The third-order valence-electron chi connectivity index (χ3n) is 2.86. The predicted octanol–water partition coefficient (Wildman–Crippen LogP) is 2.41. The topological polar surface area (TPSA) is 37.0 Å². The van der Waals surface area contributed by atoms with Crippen LogP contribution in [0.5, 0.6) is 0 Å². The third-order valence-corrected chi connectivity index (χ3v) is 4.12. The van der Waals surface area contributed by atoms with Gasteiger partial charge in [0.1, 0.15) is 0 Å². The highest BCUT2D eigenvalue weighted by molar-refractivity contribution is 7.11. The standard InChI is InChI=1S/C12H23N3S/c1-8(14-7-12(4,5)13-6)11-9(2)15-10(3)16-11/h8,13-14H,7H2,1-6H3. The molecule has 1 atom stereocenters. The van der Waals surface area contributed by atoms with E-state index in [-0.39, 0.29) is 5.54 Å². The molecule has 0 bridgehead atoms. The summed E-state index contributed by atoms with van der Waals surface area (Å²) in [7, 11) is 1.99. The van der Waals surface area contributed by atoms with Crippen LogP contribution in [0, 0.1) is 13.8 Å². The van der Waals surface area contributed by atoms with Gasteiger partial charge in [-0.2, -0.15) is 0 Å². The molecule has 0 aliphatic rings. The van der Waals surface area contributed by atoms with Crippen LogP contribution in [0.15, 0.2) is 0 Å². The number of thiazole rings is 1. The molecule has 16 heavy (non-hydrogen) atoms. The number of aromatic nitrogens is 1. The van der Waals surface area contributed by atoms with Crippen LogP contribution in [0.3, 0.4) is 0 Å². The number of hydrogen-bond donors (Lipinski definition) is 2. The Morgan fingerprint density at radius 3 is 2.44 bits per heavy atom. The van der Waals surface area contributed by atoms with E-state index in [1.807, 2.05) is 7.05 Å². The minimum absolute atomic E-state index is 0.127. The second-order valence-corrected chi connectivity index (χ2v) is 6.15. The summed E-state index contributed by atoms with van der Waals surface area (Å²) >= 11 is 1.79. The third kappa shape index (κ3) is 3.54. The van der Waals surface area contributed by atoms with Gasteiger partial charge >= 0.3 is 0 Å². The molecule has 0 saturated heterocycles.